The van der Waals surface area contributed by atoms with E-state index in [0.717, 1.165) is 22.4 Å². The second-order valence-corrected chi connectivity index (χ2v) is 4.84. The van der Waals surface area contributed by atoms with E-state index >= 15 is 0 Å². The molecule has 0 saturated carbocycles. The largest absolute Gasteiger partial charge is 0.338 e. The van der Waals surface area contributed by atoms with Crippen LogP contribution in [-0.2, 0) is 0 Å². The van der Waals surface area contributed by atoms with Crippen LogP contribution in [0.3, 0.4) is 0 Å². The monoisotopic (exact) mass is 236 g/mol. The lowest BCUT2D eigenvalue weighted by Crippen LogP contribution is -1.89. The third-order valence-corrected chi connectivity index (χ3v) is 3.59. The Morgan fingerprint density at radius 3 is 2.28 bits per heavy atom. The van der Waals surface area contributed by atoms with Crippen LogP contribution in [0.4, 0.5) is 0 Å². The molecule has 3 aromatic rings. The fraction of sp³-hybridized carbons (Fsp3) is 0.188. The zero-order valence-electron chi connectivity index (χ0n) is 10.9. The zero-order valence-corrected chi connectivity index (χ0v) is 10.9. The van der Waals surface area contributed by atoms with Gasteiger partial charge < -0.3 is 4.98 Å². The topological polar surface area (TPSA) is 28.7 Å². The molecule has 1 aromatic heterocycles. The number of para-hydroxylation sites is 2. The highest BCUT2D eigenvalue weighted by molar-refractivity contribution is 5.79. The number of hydrogen-bond acceptors (Lipinski definition) is 1. The highest BCUT2D eigenvalue weighted by Gasteiger charge is 2.07. The average Bonchev–Trinajstić information content (AvgIpc) is 2.79. The maximum absolute atomic E-state index is 4.64. The van der Waals surface area contributed by atoms with Crippen LogP contribution in [0.1, 0.15) is 16.7 Å². The van der Waals surface area contributed by atoms with E-state index in [9.17, 15) is 0 Å². The molecule has 3 rings (SSSR count). The number of fused-ring (bicyclic) bond motifs is 1. The first-order valence-electron chi connectivity index (χ1n) is 6.18. The summed E-state index contributed by atoms with van der Waals surface area (Å²) in [6.45, 7) is 6.45. The standard InChI is InChI=1S/C16H16N2/c1-10-8-13(9-11(2)12(10)3)16-17-14-6-4-5-7-15(14)18-16/h4-9H,1-3H3,(H,17,18). The summed E-state index contributed by atoms with van der Waals surface area (Å²) < 4.78 is 0. The highest BCUT2D eigenvalue weighted by Crippen LogP contribution is 2.24. The van der Waals surface area contributed by atoms with E-state index < -0.39 is 0 Å². The molecule has 0 aliphatic rings. The van der Waals surface area contributed by atoms with Gasteiger partial charge in [-0.05, 0) is 61.7 Å². The molecular formula is C16H16N2. The number of imidazole rings is 1. The van der Waals surface area contributed by atoms with Crippen molar-refractivity contribution in [1.29, 1.82) is 0 Å². The number of nitrogens with one attached hydrogen (secondary N) is 1. The molecule has 0 saturated heterocycles. The van der Waals surface area contributed by atoms with Crippen LogP contribution in [0.15, 0.2) is 36.4 Å². The Balaban J connectivity index is 2.20. The minimum Gasteiger partial charge on any atom is -0.338 e. The number of aromatic nitrogens is 2. The van der Waals surface area contributed by atoms with Gasteiger partial charge in [-0.3, -0.25) is 0 Å². The van der Waals surface area contributed by atoms with Crippen LogP contribution >= 0.6 is 0 Å². The number of aryl methyl sites for hydroxylation is 2. The highest BCUT2D eigenvalue weighted by atomic mass is 14.9. The molecule has 0 atom stereocenters. The van der Waals surface area contributed by atoms with E-state index in [4.69, 9.17) is 0 Å². The van der Waals surface area contributed by atoms with Crippen molar-refractivity contribution in [3.05, 3.63) is 53.1 Å². The molecule has 0 spiro atoms. The van der Waals surface area contributed by atoms with Gasteiger partial charge in [0.1, 0.15) is 5.82 Å². The fourth-order valence-electron chi connectivity index (χ4n) is 2.26. The van der Waals surface area contributed by atoms with Crippen molar-refractivity contribution in [3.8, 4) is 11.4 Å². The minimum atomic E-state index is 0.947. The summed E-state index contributed by atoms with van der Waals surface area (Å²) in [5.41, 5.74) is 7.24. The first-order chi connectivity index (χ1) is 8.65. The Kier molecular flexibility index (Phi) is 2.44. The predicted octanol–water partition coefficient (Wildman–Crippen LogP) is 4.16. The summed E-state index contributed by atoms with van der Waals surface area (Å²) in [5.74, 6) is 0.947. The zero-order chi connectivity index (χ0) is 12.7. The van der Waals surface area contributed by atoms with Crippen LogP contribution in [0, 0.1) is 20.8 Å². The molecule has 0 amide bonds. The number of aromatic amines is 1. The Morgan fingerprint density at radius 1 is 0.944 bits per heavy atom. The summed E-state index contributed by atoms with van der Waals surface area (Å²) in [5, 5.41) is 0. The van der Waals surface area contributed by atoms with Crippen LogP contribution in [0.25, 0.3) is 22.4 Å². The van der Waals surface area contributed by atoms with Gasteiger partial charge in [0.25, 0.3) is 0 Å². The maximum Gasteiger partial charge on any atom is 0.138 e. The van der Waals surface area contributed by atoms with Crippen LogP contribution < -0.4 is 0 Å². The van der Waals surface area contributed by atoms with Crippen LogP contribution in [-0.4, -0.2) is 9.97 Å². The lowest BCUT2D eigenvalue weighted by atomic mass is 10.0. The first-order valence-corrected chi connectivity index (χ1v) is 6.18. The Morgan fingerprint density at radius 2 is 1.61 bits per heavy atom. The number of rotatable bonds is 1. The molecule has 1 heterocycles. The second-order valence-electron chi connectivity index (χ2n) is 4.84. The fourth-order valence-corrected chi connectivity index (χ4v) is 2.26. The molecule has 18 heavy (non-hydrogen) atoms. The normalized spacial score (nSPS) is 11.1. The van der Waals surface area contributed by atoms with Crippen molar-refractivity contribution >= 4 is 11.0 Å². The molecule has 2 nitrogen and oxygen atoms in total. The van der Waals surface area contributed by atoms with Gasteiger partial charge in [0.05, 0.1) is 11.0 Å². The molecule has 2 aromatic carbocycles. The van der Waals surface area contributed by atoms with Gasteiger partial charge in [-0.1, -0.05) is 12.1 Å². The van der Waals surface area contributed by atoms with Crippen molar-refractivity contribution in [2.24, 2.45) is 0 Å². The lowest BCUT2D eigenvalue weighted by molar-refractivity contribution is 1.24. The third kappa shape index (κ3) is 1.70. The molecule has 0 bridgehead atoms. The summed E-state index contributed by atoms with van der Waals surface area (Å²) in [6, 6.07) is 12.5. The van der Waals surface area contributed by atoms with Gasteiger partial charge in [0.15, 0.2) is 0 Å². The molecule has 0 aliphatic carbocycles. The SMILES string of the molecule is Cc1cc(-c2nc3ccccc3[nH]2)cc(C)c1C. The molecular weight excluding hydrogens is 220 g/mol. The first kappa shape index (κ1) is 11.0. The van der Waals surface area contributed by atoms with E-state index in [1.165, 1.54) is 16.7 Å². The van der Waals surface area contributed by atoms with E-state index in [2.05, 4.69) is 48.9 Å². The van der Waals surface area contributed by atoms with E-state index in [1.807, 2.05) is 18.2 Å². The van der Waals surface area contributed by atoms with Crippen molar-refractivity contribution < 1.29 is 0 Å². The van der Waals surface area contributed by atoms with Gasteiger partial charge in [-0.25, -0.2) is 4.98 Å². The van der Waals surface area contributed by atoms with Gasteiger partial charge in [0.2, 0.25) is 0 Å². The number of hydrogen-bond donors (Lipinski definition) is 1. The van der Waals surface area contributed by atoms with Crippen molar-refractivity contribution in [2.45, 2.75) is 20.8 Å². The summed E-state index contributed by atoms with van der Waals surface area (Å²) >= 11 is 0. The molecule has 90 valence electrons. The van der Waals surface area contributed by atoms with Gasteiger partial charge in [-0.15, -0.1) is 0 Å². The average molecular weight is 236 g/mol. The number of H-pyrrole nitrogens is 1. The summed E-state index contributed by atoms with van der Waals surface area (Å²) in [6.07, 6.45) is 0. The molecule has 0 aliphatic heterocycles. The quantitative estimate of drug-likeness (QED) is 0.675. The molecule has 0 fully saturated rings. The van der Waals surface area contributed by atoms with Gasteiger partial charge >= 0.3 is 0 Å². The molecule has 2 heteroatoms. The molecule has 0 radical (unpaired) electrons. The predicted molar refractivity (Wildman–Crippen MR) is 75.7 cm³/mol. The van der Waals surface area contributed by atoms with Crippen LogP contribution in [0.2, 0.25) is 0 Å². The summed E-state index contributed by atoms with van der Waals surface area (Å²) in [4.78, 5) is 8.01. The van der Waals surface area contributed by atoms with Gasteiger partial charge in [0, 0.05) is 5.56 Å². The van der Waals surface area contributed by atoms with Gasteiger partial charge in [-0.2, -0.15) is 0 Å². The Bertz CT molecular complexity index is 667. The van der Waals surface area contributed by atoms with Crippen molar-refractivity contribution in [3.63, 3.8) is 0 Å². The van der Waals surface area contributed by atoms with Crippen molar-refractivity contribution in [1.82, 2.24) is 9.97 Å². The molecule has 1 N–H and O–H groups in total. The van der Waals surface area contributed by atoms with E-state index in [0.29, 0.717) is 0 Å². The minimum absolute atomic E-state index is 0.947. The lowest BCUT2D eigenvalue weighted by Gasteiger charge is -2.07. The maximum atomic E-state index is 4.64. The third-order valence-electron chi connectivity index (χ3n) is 3.59. The molecule has 0 unspecified atom stereocenters. The Hall–Kier alpha value is -2.09. The van der Waals surface area contributed by atoms with Crippen molar-refractivity contribution in [2.75, 3.05) is 0 Å². The second kappa shape index (κ2) is 3.98. The smallest absolute Gasteiger partial charge is 0.138 e. The number of nitrogens with zero attached hydrogens (tertiary/aromatic N) is 1. The summed E-state index contributed by atoms with van der Waals surface area (Å²) in [7, 11) is 0. The number of benzene rings is 2. The van der Waals surface area contributed by atoms with E-state index in [-0.39, 0.29) is 0 Å². The van der Waals surface area contributed by atoms with Crippen LogP contribution in [0.5, 0.6) is 0 Å². The van der Waals surface area contributed by atoms with E-state index in [1.54, 1.807) is 0 Å². The Labute approximate surface area is 107 Å².